The molecule has 19 nitrogen and oxygen atoms in total. The molecule has 2 aromatic heterocycles. The van der Waals surface area contributed by atoms with Gasteiger partial charge < -0.3 is 34.8 Å². The molecule has 0 spiro atoms. The number of ether oxygens (including phenoxy) is 2. The van der Waals surface area contributed by atoms with Gasteiger partial charge in [0.2, 0.25) is 33.7 Å². The summed E-state index contributed by atoms with van der Waals surface area (Å²) >= 11 is 6.54. The number of hydrogen-bond acceptors (Lipinski definition) is 15. The van der Waals surface area contributed by atoms with E-state index < -0.39 is 22.0 Å². The van der Waals surface area contributed by atoms with Crippen LogP contribution in [0.15, 0.2) is 61.1 Å². The first-order chi connectivity index (χ1) is 31.2. The van der Waals surface area contributed by atoms with E-state index in [0.29, 0.717) is 58.1 Å². The highest BCUT2D eigenvalue weighted by Crippen LogP contribution is 2.39. The molecule has 1 unspecified atom stereocenters. The number of amides is 4. The van der Waals surface area contributed by atoms with Crippen LogP contribution in [0.2, 0.25) is 5.02 Å². The summed E-state index contributed by atoms with van der Waals surface area (Å²) in [6.07, 6.45) is 8.27. The van der Waals surface area contributed by atoms with Crippen molar-refractivity contribution in [2.45, 2.75) is 64.1 Å². The number of nitrogens with zero attached hydrogens (tertiary/aromatic N) is 7. The predicted molar refractivity (Wildman–Crippen MR) is 245 cm³/mol. The third-order valence-corrected chi connectivity index (χ3v) is 12.7. The minimum absolute atomic E-state index is 0.0259. The number of aromatic nitrogens is 4. The molecular formula is C44H48ClN11O8S. The first-order valence-electron chi connectivity index (χ1n) is 21.1. The molecule has 3 aliphatic rings. The van der Waals surface area contributed by atoms with Crippen LogP contribution in [0.5, 0.6) is 11.5 Å². The Morgan fingerprint density at radius 2 is 1.78 bits per heavy atom. The zero-order valence-electron chi connectivity index (χ0n) is 36.2. The molecule has 8 rings (SSSR count). The highest BCUT2D eigenvalue weighted by atomic mass is 35.5. The Morgan fingerprint density at radius 3 is 2.52 bits per heavy atom. The van der Waals surface area contributed by atoms with Gasteiger partial charge in [0.25, 0.3) is 5.91 Å². The fourth-order valence-corrected chi connectivity index (χ4v) is 9.18. The molecule has 340 valence electrons. The van der Waals surface area contributed by atoms with Crippen LogP contribution in [0.4, 0.5) is 34.5 Å². The minimum Gasteiger partial charge on any atom is -0.494 e. The van der Waals surface area contributed by atoms with Gasteiger partial charge in [-0.1, -0.05) is 24.6 Å². The highest BCUT2D eigenvalue weighted by molar-refractivity contribution is 7.92. The number of carbonyl (C=O) groups excluding carboxylic acids is 4. The van der Waals surface area contributed by atoms with E-state index in [0.717, 1.165) is 36.8 Å². The summed E-state index contributed by atoms with van der Waals surface area (Å²) in [5.41, 5.74) is 5.19. The Labute approximate surface area is 380 Å². The van der Waals surface area contributed by atoms with Gasteiger partial charge in [0, 0.05) is 67.9 Å². The molecule has 1 atom stereocenters. The van der Waals surface area contributed by atoms with Crippen molar-refractivity contribution in [3.05, 3.63) is 82.8 Å². The lowest BCUT2D eigenvalue weighted by atomic mass is 10.00. The Balaban J connectivity index is 0.885. The smallest absolute Gasteiger partial charge is 0.255 e. The number of methoxy groups -OCH3 is 1. The second kappa shape index (κ2) is 18.7. The molecule has 3 aromatic carbocycles. The SMILES string of the molecule is CCc1cc(Nc2ncc(Cl)c(Nc3ccc4nccnc4c3NS(C)(=O)=O)n2)c(OC)cc1N1CCC(N(C)C(=O)CCOc2cccc3c2CN(C2CCC(=O)NC2=O)C3=O)CC1. The molecule has 2 saturated heterocycles. The number of hydrogen-bond donors (Lipinski definition) is 4. The average molecular weight is 926 g/mol. The number of aryl methyl sites for hydroxylation is 1. The van der Waals surface area contributed by atoms with Crippen molar-refractivity contribution in [3.8, 4) is 11.5 Å². The Kier molecular flexibility index (Phi) is 12.9. The number of piperidine rings is 2. The first-order valence-corrected chi connectivity index (χ1v) is 23.4. The van der Waals surface area contributed by atoms with E-state index in [9.17, 15) is 27.6 Å². The van der Waals surface area contributed by atoms with Crippen molar-refractivity contribution in [2.24, 2.45) is 0 Å². The number of fused-ring (bicyclic) bond motifs is 2. The number of nitrogens with one attached hydrogen (secondary N) is 4. The van der Waals surface area contributed by atoms with Crippen LogP contribution in [0.25, 0.3) is 11.0 Å². The molecule has 0 aliphatic carbocycles. The normalized spacial score (nSPS) is 16.6. The molecule has 0 bridgehead atoms. The molecule has 5 aromatic rings. The summed E-state index contributed by atoms with van der Waals surface area (Å²) in [6.45, 7) is 3.80. The van der Waals surface area contributed by atoms with Crippen molar-refractivity contribution in [1.82, 2.24) is 35.1 Å². The highest BCUT2D eigenvalue weighted by Gasteiger charge is 2.40. The maximum Gasteiger partial charge on any atom is 0.255 e. The molecular weight excluding hydrogens is 878 g/mol. The Morgan fingerprint density at radius 1 is 1.00 bits per heavy atom. The van der Waals surface area contributed by atoms with Crippen LogP contribution in [-0.4, -0.2) is 114 Å². The van der Waals surface area contributed by atoms with E-state index in [1.807, 2.05) is 19.2 Å². The van der Waals surface area contributed by atoms with Crippen molar-refractivity contribution < 1.29 is 37.1 Å². The fourth-order valence-electron chi connectivity index (χ4n) is 8.47. The summed E-state index contributed by atoms with van der Waals surface area (Å²) < 4.78 is 39.1. The summed E-state index contributed by atoms with van der Waals surface area (Å²) in [7, 11) is -0.287. The number of rotatable bonds is 15. The fraction of sp³-hybridized carbons (Fsp3) is 0.364. The molecule has 2 fully saturated rings. The third-order valence-electron chi connectivity index (χ3n) is 11.8. The van der Waals surface area contributed by atoms with E-state index in [1.165, 1.54) is 23.5 Å². The topological polar surface area (TPSA) is 230 Å². The molecule has 21 heteroatoms. The van der Waals surface area contributed by atoms with Crippen LogP contribution >= 0.6 is 11.6 Å². The van der Waals surface area contributed by atoms with Crippen molar-refractivity contribution in [3.63, 3.8) is 0 Å². The quantitative estimate of drug-likeness (QED) is 0.0994. The Bertz CT molecular complexity index is 2810. The van der Waals surface area contributed by atoms with Gasteiger partial charge in [-0.25, -0.2) is 13.4 Å². The number of carbonyl (C=O) groups is 4. The lowest BCUT2D eigenvalue weighted by molar-refractivity contribution is -0.137. The molecule has 0 radical (unpaired) electrons. The van der Waals surface area contributed by atoms with Gasteiger partial charge in [0.1, 0.15) is 28.1 Å². The van der Waals surface area contributed by atoms with Crippen LogP contribution < -0.4 is 35.0 Å². The molecule has 4 N–H and O–H groups in total. The van der Waals surface area contributed by atoms with Crippen LogP contribution in [0.3, 0.4) is 0 Å². The maximum absolute atomic E-state index is 13.4. The number of imide groups is 1. The standard InChI is InChI=1S/C44H48ClN11O8S/c1-5-25-21-32(50-44-48-23-29(45)41(52-44)49-31-10-9-30-39(47-17-16-46-30)40(31)53-65(4,61)62)36(63-3)22-34(25)55-18-13-26(14-19-55)54(2)38(58)15-20-64-35-8-6-7-27-28(35)24-56(43(27)60)33-11-12-37(57)51-42(33)59/h6-10,16-17,21-23,26,33,53H,5,11-15,18-20,24H2,1-4H3,(H,51,57,59)(H2,48,49,50,52). The molecule has 0 saturated carbocycles. The van der Waals surface area contributed by atoms with Gasteiger partial charge >= 0.3 is 0 Å². The van der Waals surface area contributed by atoms with Crippen LogP contribution in [0, 0.1) is 0 Å². The third kappa shape index (κ3) is 9.68. The summed E-state index contributed by atoms with van der Waals surface area (Å²) in [4.78, 5) is 74.0. The molecule has 65 heavy (non-hydrogen) atoms. The predicted octanol–water partition coefficient (Wildman–Crippen LogP) is 5.16. The average Bonchev–Trinajstić information content (AvgIpc) is 3.63. The number of benzene rings is 3. The van der Waals surface area contributed by atoms with Gasteiger partial charge in [-0.15, -0.1) is 0 Å². The van der Waals surface area contributed by atoms with Gasteiger partial charge in [0.05, 0.1) is 61.7 Å². The molecule has 3 aliphatic heterocycles. The summed E-state index contributed by atoms with van der Waals surface area (Å²) in [5, 5.41) is 8.90. The largest absolute Gasteiger partial charge is 0.494 e. The van der Waals surface area contributed by atoms with E-state index in [4.69, 9.17) is 21.1 Å². The monoisotopic (exact) mass is 925 g/mol. The number of sulfonamides is 1. The van der Waals surface area contributed by atoms with E-state index >= 15 is 0 Å². The van der Waals surface area contributed by atoms with Gasteiger partial charge in [0.15, 0.2) is 5.82 Å². The Hall–Kier alpha value is -6.80. The van der Waals surface area contributed by atoms with Crippen molar-refractivity contribution >= 4 is 90.8 Å². The van der Waals surface area contributed by atoms with Gasteiger partial charge in [-0.05, 0) is 61.6 Å². The minimum atomic E-state index is -3.69. The van der Waals surface area contributed by atoms with Gasteiger partial charge in [-0.3, -0.25) is 39.2 Å². The zero-order chi connectivity index (χ0) is 46.0. The lowest BCUT2D eigenvalue weighted by Gasteiger charge is -2.38. The van der Waals surface area contributed by atoms with E-state index in [2.05, 4.69) is 52.4 Å². The number of anilines is 6. The van der Waals surface area contributed by atoms with Crippen LogP contribution in [-0.2, 0) is 37.4 Å². The number of halogens is 1. The lowest BCUT2D eigenvalue weighted by Crippen LogP contribution is -2.52. The summed E-state index contributed by atoms with van der Waals surface area (Å²) in [5.74, 6) is 0.320. The molecule has 4 amide bonds. The zero-order valence-corrected chi connectivity index (χ0v) is 37.8. The first kappa shape index (κ1) is 44.8. The van der Waals surface area contributed by atoms with Crippen molar-refractivity contribution in [1.29, 1.82) is 0 Å². The summed E-state index contributed by atoms with van der Waals surface area (Å²) in [6, 6.07) is 11.8. The van der Waals surface area contributed by atoms with E-state index in [1.54, 1.807) is 42.3 Å². The second-order valence-electron chi connectivity index (χ2n) is 16.0. The van der Waals surface area contributed by atoms with Crippen molar-refractivity contribution in [2.75, 3.05) is 60.4 Å². The van der Waals surface area contributed by atoms with Crippen LogP contribution in [0.1, 0.15) is 60.5 Å². The molecule has 5 heterocycles. The van der Waals surface area contributed by atoms with Gasteiger partial charge in [-0.2, -0.15) is 4.98 Å². The second-order valence-corrected chi connectivity index (χ2v) is 18.1. The van der Waals surface area contributed by atoms with E-state index in [-0.39, 0.29) is 78.7 Å². The maximum atomic E-state index is 13.4.